The number of thioether (sulfide) groups is 1. The average Bonchev–Trinajstić information content (AvgIpc) is 3.33. The minimum atomic E-state index is 0.0105. The molecule has 0 aliphatic heterocycles. The lowest BCUT2D eigenvalue weighted by Gasteiger charge is -2.16. The third-order valence-electron chi connectivity index (χ3n) is 4.63. The minimum Gasteiger partial charge on any atom is -0.340 e. The lowest BCUT2D eigenvalue weighted by molar-refractivity contribution is -0.127. The summed E-state index contributed by atoms with van der Waals surface area (Å²) in [5.41, 5.74) is 1.21. The summed E-state index contributed by atoms with van der Waals surface area (Å²) < 4.78 is 1.59. The molecule has 0 saturated heterocycles. The van der Waals surface area contributed by atoms with Crippen LogP contribution >= 0.6 is 34.4 Å². The molecule has 3 aromatic rings. The molecule has 1 aliphatic carbocycles. The van der Waals surface area contributed by atoms with E-state index in [1.807, 2.05) is 24.6 Å². The van der Waals surface area contributed by atoms with E-state index < -0.39 is 0 Å². The fraction of sp³-hybridized carbons (Fsp3) is 0.389. The Morgan fingerprint density at radius 1 is 1.42 bits per heavy atom. The van der Waals surface area contributed by atoms with Crippen LogP contribution < -0.4 is 5.56 Å². The molecule has 0 fully saturated rings. The molecule has 0 N–H and O–H groups in total. The van der Waals surface area contributed by atoms with Crippen molar-refractivity contribution in [1.82, 2.24) is 14.5 Å². The number of carbonyl (C=O) groups is 1. The number of thiophene rings is 2. The number of aromatic nitrogens is 2. The molecule has 1 amide bonds. The van der Waals surface area contributed by atoms with Crippen molar-refractivity contribution >= 4 is 50.6 Å². The van der Waals surface area contributed by atoms with E-state index in [1.165, 1.54) is 22.2 Å². The van der Waals surface area contributed by atoms with Crippen molar-refractivity contribution in [3.63, 3.8) is 0 Å². The van der Waals surface area contributed by atoms with Crippen LogP contribution in [0.2, 0.25) is 0 Å². The van der Waals surface area contributed by atoms with Crippen molar-refractivity contribution in [2.75, 3.05) is 12.8 Å². The highest BCUT2D eigenvalue weighted by atomic mass is 32.2. The third kappa shape index (κ3) is 3.21. The smallest absolute Gasteiger partial charge is 0.262 e. The van der Waals surface area contributed by atoms with Gasteiger partial charge in [0.25, 0.3) is 5.56 Å². The number of hydrogen-bond donors (Lipinski definition) is 0. The van der Waals surface area contributed by atoms with E-state index in [2.05, 4.69) is 4.98 Å². The summed E-state index contributed by atoms with van der Waals surface area (Å²) in [4.78, 5) is 34.9. The SMILES string of the molecule is CN(Cc1cccs1)C(=O)CSc1nc2sc3c(c2c(=O)n1C)CCC3. The van der Waals surface area contributed by atoms with E-state index in [1.54, 1.807) is 39.2 Å². The fourth-order valence-corrected chi connectivity index (χ4v) is 6.17. The van der Waals surface area contributed by atoms with E-state index in [9.17, 15) is 9.59 Å². The second kappa shape index (κ2) is 7.17. The van der Waals surface area contributed by atoms with Gasteiger partial charge in [0.2, 0.25) is 5.91 Å². The van der Waals surface area contributed by atoms with Gasteiger partial charge < -0.3 is 4.90 Å². The first-order valence-corrected chi connectivity index (χ1v) is 11.1. The molecule has 1 aliphatic rings. The number of carbonyl (C=O) groups excluding carboxylic acids is 1. The molecule has 3 heterocycles. The Morgan fingerprint density at radius 2 is 2.27 bits per heavy atom. The molecule has 0 unspecified atom stereocenters. The van der Waals surface area contributed by atoms with Crippen LogP contribution in [0.25, 0.3) is 10.2 Å². The summed E-state index contributed by atoms with van der Waals surface area (Å²) in [6, 6.07) is 4.01. The van der Waals surface area contributed by atoms with Crippen LogP contribution in [-0.2, 0) is 31.2 Å². The van der Waals surface area contributed by atoms with Crippen molar-refractivity contribution in [1.29, 1.82) is 0 Å². The predicted octanol–water partition coefficient (Wildman–Crippen LogP) is 3.30. The lowest BCUT2D eigenvalue weighted by atomic mass is 10.2. The molecule has 0 saturated carbocycles. The molecule has 4 rings (SSSR count). The van der Waals surface area contributed by atoms with Crippen LogP contribution in [0.3, 0.4) is 0 Å². The van der Waals surface area contributed by atoms with Gasteiger partial charge >= 0.3 is 0 Å². The van der Waals surface area contributed by atoms with E-state index in [0.717, 1.165) is 34.4 Å². The standard InChI is InChI=1S/C18H19N3O2S3/c1-20(9-11-5-4-8-24-11)14(22)10-25-18-19-16-15(17(23)21(18)2)12-6-3-7-13(12)26-16/h4-5,8H,3,6-7,9-10H2,1-2H3. The first-order valence-electron chi connectivity index (χ1n) is 8.45. The predicted molar refractivity (Wildman–Crippen MR) is 108 cm³/mol. The molecule has 0 radical (unpaired) electrons. The molecular weight excluding hydrogens is 386 g/mol. The Kier molecular flexibility index (Phi) is 4.90. The molecule has 5 nitrogen and oxygen atoms in total. The van der Waals surface area contributed by atoms with E-state index >= 15 is 0 Å². The van der Waals surface area contributed by atoms with Gasteiger partial charge in [0.15, 0.2) is 5.16 Å². The number of nitrogens with zero attached hydrogens (tertiary/aromatic N) is 3. The van der Waals surface area contributed by atoms with Crippen molar-refractivity contribution in [3.05, 3.63) is 43.2 Å². The van der Waals surface area contributed by atoms with Gasteiger partial charge in [-0.05, 0) is 36.3 Å². The van der Waals surface area contributed by atoms with Gasteiger partial charge in [-0.2, -0.15) is 0 Å². The zero-order chi connectivity index (χ0) is 18.3. The lowest BCUT2D eigenvalue weighted by Crippen LogP contribution is -2.28. The zero-order valence-corrected chi connectivity index (χ0v) is 17.1. The fourth-order valence-electron chi connectivity index (χ4n) is 3.20. The average molecular weight is 406 g/mol. The second-order valence-corrected chi connectivity index (χ2v) is 9.47. The Labute approximate surface area is 163 Å². The van der Waals surface area contributed by atoms with Crippen LogP contribution in [0.15, 0.2) is 27.5 Å². The normalized spacial score (nSPS) is 13.3. The monoisotopic (exact) mass is 405 g/mol. The number of aryl methyl sites for hydroxylation is 2. The van der Waals surface area contributed by atoms with Crippen LogP contribution in [0.4, 0.5) is 0 Å². The number of hydrogen-bond acceptors (Lipinski definition) is 6. The summed E-state index contributed by atoms with van der Waals surface area (Å²) >= 11 is 4.61. The van der Waals surface area contributed by atoms with E-state index in [-0.39, 0.29) is 17.2 Å². The van der Waals surface area contributed by atoms with Gasteiger partial charge in [-0.15, -0.1) is 22.7 Å². The van der Waals surface area contributed by atoms with Gasteiger partial charge in [-0.3, -0.25) is 14.2 Å². The Hall–Kier alpha value is -1.64. The van der Waals surface area contributed by atoms with Crippen LogP contribution in [0.1, 0.15) is 21.7 Å². The maximum absolute atomic E-state index is 12.8. The molecule has 26 heavy (non-hydrogen) atoms. The number of amides is 1. The molecule has 3 aromatic heterocycles. The highest BCUT2D eigenvalue weighted by molar-refractivity contribution is 7.99. The van der Waals surface area contributed by atoms with Crippen molar-refractivity contribution in [3.8, 4) is 0 Å². The molecule has 0 atom stereocenters. The van der Waals surface area contributed by atoms with Crippen molar-refractivity contribution in [2.45, 2.75) is 31.0 Å². The maximum atomic E-state index is 12.8. The summed E-state index contributed by atoms with van der Waals surface area (Å²) in [5, 5.41) is 3.41. The second-order valence-electron chi connectivity index (χ2n) is 6.41. The number of fused-ring (bicyclic) bond motifs is 3. The van der Waals surface area contributed by atoms with Crippen molar-refractivity contribution in [2.24, 2.45) is 7.05 Å². The Bertz CT molecular complexity index is 1020. The quantitative estimate of drug-likeness (QED) is 0.483. The van der Waals surface area contributed by atoms with Gasteiger partial charge in [0, 0.05) is 23.8 Å². The largest absolute Gasteiger partial charge is 0.340 e. The summed E-state index contributed by atoms with van der Waals surface area (Å²) in [6.45, 7) is 0.611. The molecule has 8 heteroatoms. The zero-order valence-electron chi connectivity index (χ0n) is 14.7. The van der Waals surface area contributed by atoms with Gasteiger partial charge in [0.1, 0.15) is 4.83 Å². The highest BCUT2D eigenvalue weighted by Crippen LogP contribution is 2.35. The Balaban J connectivity index is 1.51. The summed E-state index contributed by atoms with van der Waals surface area (Å²) in [6.07, 6.45) is 3.15. The number of rotatable bonds is 5. The Morgan fingerprint density at radius 3 is 3.04 bits per heavy atom. The highest BCUT2D eigenvalue weighted by Gasteiger charge is 2.23. The van der Waals surface area contributed by atoms with Crippen LogP contribution in [-0.4, -0.2) is 33.2 Å². The van der Waals surface area contributed by atoms with Crippen molar-refractivity contribution < 1.29 is 4.79 Å². The van der Waals surface area contributed by atoms with Gasteiger partial charge in [-0.25, -0.2) is 4.98 Å². The molecule has 0 spiro atoms. The molecular formula is C18H19N3O2S3. The first-order chi connectivity index (χ1) is 12.5. The van der Waals surface area contributed by atoms with Crippen LogP contribution in [0.5, 0.6) is 0 Å². The first kappa shape index (κ1) is 17.8. The van der Waals surface area contributed by atoms with Crippen LogP contribution in [0, 0.1) is 0 Å². The molecule has 136 valence electrons. The van der Waals surface area contributed by atoms with Gasteiger partial charge in [0.05, 0.1) is 17.7 Å². The minimum absolute atomic E-state index is 0.0105. The molecule has 0 aromatic carbocycles. The maximum Gasteiger partial charge on any atom is 0.262 e. The third-order valence-corrected chi connectivity index (χ3v) is 7.69. The molecule has 0 bridgehead atoms. The van der Waals surface area contributed by atoms with Gasteiger partial charge in [-0.1, -0.05) is 17.8 Å². The summed E-state index contributed by atoms with van der Waals surface area (Å²) in [7, 11) is 3.55. The van der Waals surface area contributed by atoms with E-state index in [4.69, 9.17) is 0 Å². The summed E-state index contributed by atoms with van der Waals surface area (Å²) in [5.74, 6) is 0.310. The topological polar surface area (TPSA) is 55.2 Å². The van der Waals surface area contributed by atoms with E-state index in [0.29, 0.717) is 11.7 Å².